The summed E-state index contributed by atoms with van der Waals surface area (Å²) in [5, 5.41) is 22.9. The van der Waals surface area contributed by atoms with E-state index in [-0.39, 0.29) is 61.6 Å². The summed E-state index contributed by atoms with van der Waals surface area (Å²) in [4.78, 5) is 41.5. The van der Waals surface area contributed by atoms with Crippen LogP contribution in [-0.2, 0) is 16.0 Å². The van der Waals surface area contributed by atoms with Crippen LogP contribution in [0.2, 0.25) is 0 Å². The first-order valence-corrected chi connectivity index (χ1v) is 18.4. The van der Waals surface area contributed by atoms with E-state index in [2.05, 4.69) is 36.6 Å². The lowest BCUT2D eigenvalue weighted by atomic mass is 9.81. The predicted molar refractivity (Wildman–Crippen MR) is 205 cm³/mol. The summed E-state index contributed by atoms with van der Waals surface area (Å²) in [6.45, 7) is 2.16. The number of anilines is 1. The van der Waals surface area contributed by atoms with Gasteiger partial charge in [-0.2, -0.15) is 18.4 Å². The van der Waals surface area contributed by atoms with E-state index in [1.54, 1.807) is 30.3 Å². The van der Waals surface area contributed by atoms with Gasteiger partial charge in [-0.05, 0) is 122 Å². The summed E-state index contributed by atoms with van der Waals surface area (Å²) in [5.74, 6) is -0.0557. The van der Waals surface area contributed by atoms with Gasteiger partial charge in [0.25, 0.3) is 5.91 Å². The molecule has 1 saturated carbocycles. The quantitative estimate of drug-likeness (QED) is 0.126. The van der Waals surface area contributed by atoms with Gasteiger partial charge >= 0.3 is 6.18 Å². The monoisotopic (exact) mass is 781 g/mol. The summed E-state index contributed by atoms with van der Waals surface area (Å²) in [6, 6.07) is 19.2. The molecule has 2 aliphatic rings. The molecule has 12 nitrogen and oxygen atoms in total. The van der Waals surface area contributed by atoms with Gasteiger partial charge in [0.1, 0.15) is 6.04 Å². The highest BCUT2D eigenvalue weighted by Gasteiger charge is 2.33. The summed E-state index contributed by atoms with van der Waals surface area (Å²) < 4.78 is 38.2. The van der Waals surface area contributed by atoms with E-state index >= 15 is 0 Å². The molecule has 1 aromatic heterocycles. The lowest BCUT2D eigenvalue weighted by molar-refractivity contribution is -0.148. The van der Waals surface area contributed by atoms with Crippen LogP contribution in [0, 0.1) is 18.8 Å². The third-order valence-electron chi connectivity index (χ3n) is 10.5. The number of halogens is 4. The van der Waals surface area contributed by atoms with E-state index in [1.807, 2.05) is 43.3 Å². The molecule has 0 unspecified atom stereocenters. The van der Waals surface area contributed by atoms with Crippen molar-refractivity contribution in [3.8, 4) is 22.5 Å². The fourth-order valence-corrected chi connectivity index (χ4v) is 7.32. The number of aromatic nitrogens is 4. The number of likely N-dealkylation sites (tertiary alicyclic amines) is 1. The minimum Gasteiger partial charge on any atom is -0.349 e. The maximum atomic E-state index is 13.7. The normalized spacial score (nSPS) is 18.5. The van der Waals surface area contributed by atoms with E-state index in [0.717, 1.165) is 53.5 Å². The molecule has 294 valence electrons. The first kappa shape index (κ1) is 41.3. The summed E-state index contributed by atoms with van der Waals surface area (Å²) in [7, 11) is 0. The van der Waals surface area contributed by atoms with Crippen molar-refractivity contribution in [2.45, 2.75) is 70.1 Å². The van der Waals surface area contributed by atoms with Gasteiger partial charge in [0.15, 0.2) is 0 Å². The van der Waals surface area contributed by atoms with Gasteiger partial charge < -0.3 is 21.7 Å². The van der Waals surface area contributed by atoms with Crippen LogP contribution in [-0.4, -0.2) is 87.7 Å². The number of hydrogen-bond donors (Lipinski definition) is 5. The molecule has 16 heteroatoms. The number of rotatable bonds is 12. The third-order valence-corrected chi connectivity index (χ3v) is 10.5. The standard InChI is InChI=1S/C39H46F3N9O3.ClH/c1-24-20-30(37(53)44-32-16-18-51(19-17-32)23-39(40,41)42)12-15-33(24)27-6-2-25(3-7-27)21-34(46-36(52)29-8-4-26(22-43)5-9-29)38(54)45-31-13-10-28(11-14-31)35-47-49-50-48-35;/h2-3,6-7,10-15,20,26,29,32,34H,4-5,8-9,16-19,21-23,43H2,1H3,(H,44,53)(H,45,54)(H,46,52)(H,47,48,49,50);1H/t26?,29?,34-;/m0./s1. The summed E-state index contributed by atoms with van der Waals surface area (Å²) in [5.41, 5.74) is 11.2. The van der Waals surface area contributed by atoms with Gasteiger partial charge in [-0.3, -0.25) is 19.3 Å². The molecule has 1 aliphatic heterocycles. The van der Waals surface area contributed by atoms with Crippen LogP contribution in [0.4, 0.5) is 18.9 Å². The summed E-state index contributed by atoms with van der Waals surface area (Å²) in [6.07, 6.45) is 0.202. The SMILES string of the molecule is Cc1cc(C(=O)NC2CCN(CC(F)(F)F)CC2)ccc1-c1ccc(C[C@H](NC(=O)C2CCC(CN)CC2)C(=O)Nc2ccc(-c3nn[nH]n3)cc2)cc1.Cl. The minimum absolute atomic E-state index is 0. The Morgan fingerprint density at radius 1 is 0.927 bits per heavy atom. The molecule has 0 bridgehead atoms. The number of alkyl halides is 3. The van der Waals surface area contributed by atoms with Crippen LogP contribution >= 0.6 is 12.4 Å². The molecule has 0 radical (unpaired) electrons. The Hall–Kier alpha value is -4.86. The first-order chi connectivity index (χ1) is 25.9. The maximum absolute atomic E-state index is 13.7. The second-order valence-corrected chi connectivity index (χ2v) is 14.4. The molecule has 1 aliphatic carbocycles. The number of nitrogens with zero attached hydrogens (tertiary/aromatic N) is 4. The highest BCUT2D eigenvalue weighted by atomic mass is 35.5. The number of piperidine rings is 1. The molecular weight excluding hydrogens is 735 g/mol. The van der Waals surface area contributed by atoms with Gasteiger partial charge in [0.2, 0.25) is 17.6 Å². The molecule has 2 heterocycles. The number of H-pyrrole nitrogens is 1. The fraction of sp³-hybridized carbons (Fsp3) is 0.436. The fourth-order valence-electron chi connectivity index (χ4n) is 7.32. The van der Waals surface area contributed by atoms with Crippen LogP contribution in [0.1, 0.15) is 60.0 Å². The molecule has 1 atom stereocenters. The van der Waals surface area contributed by atoms with E-state index in [0.29, 0.717) is 42.4 Å². The molecular formula is C39H47ClF3N9O3. The van der Waals surface area contributed by atoms with E-state index in [4.69, 9.17) is 5.73 Å². The molecule has 6 N–H and O–H groups in total. The van der Waals surface area contributed by atoms with Crippen molar-refractivity contribution in [2.75, 3.05) is 31.5 Å². The Balaban J connectivity index is 0.00000580. The minimum atomic E-state index is -4.23. The highest BCUT2D eigenvalue weighted by Crippen LogP contribution is 2.29. The number of aryl methyl sites for hydroxylation is 1. The van der Waals surface area contributed by atoms with Crippen molar-refractivity contribution in [1.29, 1.82) is 0 Å². The Morgan fingerprint density at radius 3 is 2.20 bits per heavy atom. The van der Waals surface area contributed by atoms with Crippen LogP contribution in [0.3, 0.4) is 0 Å². The van der Waals surface area contributed by atoms with Crippen LogP contribution in [0.5, 0.6) is 0 Å². The van der Waals surface area contributed by atoms with Gasteiger partial charge in [-0.15, -0.1) is 22.6 Å². The lowest BCUT2D eigenvalue weighted by Gasteiger charge is -2.32. The molecule has 55 heavy (non-hydrogen) atoms. The molecule has 6 rings (SSSR count). The van der Waals surface area contributed by atoms with Gasteiger partial charge in [-0.1, -0.05) is 30.3 Å². The number of carbonyl (C=O) groups excluding carboxylic acids is 3. The van der Waals surface area contributed by atoms with Crippen molar-refractivity contribution in [1.82, 2.24) is 36.2 Å². The van der Waals surface area contributed by atoms with Crippen LogP contribution < -0.4 is 21.7 Å². The molecule has 3 amide bonds. The van der Waals surface area contributed by atoms with Gasteiger partial charge in [0.05, 0.1) is 6.54 Å². The second kappa shape index (κ2) is 18.7. The molecule has 1 saturated heterocycles. The van der Waals surface area contributed by atoms with Crippen molar-refractivity contribution < 1.29 is 27.6 Å². The zero-order chi connectivity index (χ0) is 38.2. The number of nitrogens with two attached hydrogens (primary N) is 1. The first-order valence-electron chi connectivity index (χ1n) is 18.4. The van der Waals surface area contributed by atoms with Crippen molar-refractivity contribution in [3.05, 3.63) is 83.4 Å². The lowest BCUT2D eigenvalue weighted by Crippen LogP contribution is -2.48. The van der Waals surface area contributed by atoms with Crippen LogP contribution in [0.25, 0.3) is 22.5 Å². The molecule has 3 aromatic carbocycles. The molecule has 0 spiro atoms. The zero-order valence-corrected chi connectivity index (χ0v) is 31.4. The Labute approximate surface area is 324 Å². The van der Waals surface area contributed by atoms with E-state index < -0.39 is 18.8 Å². The average molecular weight is 782 g/mol. The zero-order valence-electron chi connectivity index (χ0n) is 30.6. The smallest absolute Gasteiger partial charge is 0.349 e. The number of aromatic amines is 1. The summed E-state index contributed by atoms with van der Waals surface area (Å²) >= 11 is 0. The largest absolute Gasteiger partial charge is 0.401 e. The van der Waals surface area contributed by atoms with Crippen molar-refractivity contribution in [3.63, 3.8) is 0 Å². The molecule has 2 fully saturated rings. The Bertz CT molecular complexity index is 1880. The molecule has 4 aromatic rings. The topological polar surface area (TPSA) is 171 Å². The number of hydrogen-bond acceptors (Lipinski definition) is 8. The second-order valence-electron chi connectivity index (χ2n) is 14.4. The van der Waals surface area contributed by atoms with Crippen molar-refractivity contribution in [2.24, 2.45) is 17.6 Å². The van der Waals surface area contributed by atoms with Gasteiger partial charge in [-0.25, -0.2) is 0 Å². The average Bonchev–Trinajstić information content (AvgIpc) is 3.71. The number of benzene rings is 3. The highest BCUT2D eigenvalue weighted by molar-refractivity contribution is 5.98. The maximum Gasteiger partial charge on any atom is 0.401 e. The Morgan fingerprint density at radius 2 is 1.60 bits per heavy atom. The van der Waals surface area contributed by atoms with E-state index in [9.17, 15) is 27.6 Å². The number of amides is 3. The predicted octanol–water partition coefficient (Wildman–Crippen LogP) is 5.45. The van der Waals surface area contributed by atoms with E-state index in [1.165, 1.54) is 4.90 Å². The number of carbonyl (C=O) groups is 3. The van der Waals surface area contributed by atoms with Crippen molar-refractivity contribution >= 4 is 35.8 Å². The van der Waals surface area contributed by atoms with Gasteiger partial charge in [0, 0.05) is 48.3 Å². The van der Waals surface area contributed by atoms with Crippen LogP contribution in [0.15, 0.2) is 66.7 Å². The number of nitrogens with one attached hydrogen (secondary N) is 4. The Kier molecular flexibility index (Phi) is 14.0. The number of tetrazole rings is 1. The third kappa shape index (κ3) is 11.3.